The number of nitrogens with zero attached hydrogens (tertiary/aromatic N) is 5. The van der Waals surface area contributed by atoms with Crippen LogP contribution in [0.5, 0.6) is 0 Å². The minimum atomic E-state index is -0.422. The first kappa shape index (κ1) is 14.4. The normalized spacial score (nSPS) is 11.5. The molecule has 1 aromatic heterocycles. The van der Waals surface area contributed by atoms with E-state index in [-0.39, 0.29) is 17.6 Å². The number of aromatic nitrogens is 2. The largest absolute Gasteiger partial charge is 0.353 e. The molecule has 0 saturated carbocycles. The van der Waals surface area contributed by atoms with Crippen molar-refractivity contribution in [1.82, 2.24) is 9.97 Å². The second-order valence-corrected chi connectivity index (χ2v) is 4.49. The van der Waals surface area contributed by atoms with Crippen molar-refractivity contribution >= 4 is 11.5 Å². The van der Waals surface area contributed by atoms with Crippen LogP contribution >= 0.6 is 0 Å². The van der Waals surface area contributed by atoms with Gasteiger partial charge in [0.25, 0.3) is 5.69 Å². The van der Waals surface area contributed by atoms with Crippen molar-refractivity contribution < 1.29 is 4.92 Å². The Morgan fingerprint density at radius 3 is 2.86 bits per heavy atom. The molecule has 0 N–H and O–H groups in total. The van der Waals surface area contributed by atoms with Crippen molar-refractivity contribution in [1.29, 1.82) is 5.26 Å². The van der Waals surface area contributed by atoms with E-state index in [1.807, 2.05) is 31.0 Å². The molecule has 7 heteroatoms. The number of nitro benzene ring substituents is 1. The van der Waals surface area contributed by atoms with E-state index in [9.17, 15) is 10.1 Å². The number of benzene rings is 1. The van der Waals surface area contributed by atoms with Crippen LogP contribution in [0.1, 0.15) is 24.4 Å². The smallest absolute Gasteiger partial charge is 0.269 e. The third-order valence-corrected chi connectivity index (χ3v) is 3.25. The number of hydrogen-bond acceptors (Lipinski definition) is 6. The van der Waals surface area contributed by atoms with E-state index in [4.69, 9.17) is 5.26 Å². The lowest BCUT2D eigenvalue weighted by atomic mass is 10.1. The van der Waals surface area contributed by atoms with Crippen LogP contribution in [-0.2, 0) is 0 Å². The fraction of sp³-hybridized carbons (Fsp3) is 0.214. The first-order valence-corrected chi connectivity index (χ1v) is 6.23. The summed E-state index contributed by atoms with van der Waals surface area (Å²) in [6, 6.07) is 9.90. The average Bonchev–Trinajstić information content (AvgIpc) is 2.53. The quantitative estimate of drug-likeness (QED) is 0.631. The molecule has 0 aliphatic rings. The maximum absolute atomic E-state index is 10.8. The number of hydrogen-bond donors (Lipinski definition) is 0. The summed E-state index contributed by atoms with van der Waals surface area (Å²) >= 11 is 0. The molecule has 1 unspecified atom stereocenters. The second kappa shape index (κ2) is 5.96. The maximum Gasteiger partial charge on any atom is 0.269 e. The molecule has 0 saturated heterocycles. The predicted octanol–water partition coefficient (Wildman–Crippen LogP) is 2.45. The van der Waals surface area contributed by atoms with Crippen LogP contribution in [0.25, 0.3) is 0 Å². The summed E-state index contributed by atoms with van der Waals surface area (Å²) in [5.41, 5.74) is 0.844. The summed E-state index contributed by atoms with van der Waals surface area (Å²) in [6.45, 7) is 1.91. The highest BCUT2D eigenvalue weighted by molar-refractivity contribution is 5.44. The second-order valence-electron chi connectivity index (χ2n) is 4.49. The Balaban J connectivity index is 2.30. The Labute approximate surface area is 121 Å². The average molecular weight is 283 g/mol. The van der Waals surface area contributed by atoms with Crippen molar-refractivity contribution in [2.75, 3.05) is 11.9 Å². The summed E-state index contributed by atoms with van der Waals surface area (Å²) in [6.07, 6.45) is 1.51. The summed E-state index contributed by atoms with van der Waals surface area (Å²) in [4.78, 5) is 20.2. The molecule has 1 aromatic carbocycles. The zero-order chi connectivity index (χ0) is 15.4. The topological polar surface area (TPSA) is 96.0 Å². The number of non-ortho nitro benzene ring substituents is 1. The molecule has 0 spiro atoms. The monoisotopic (exact) mass is 283 g/mol. The Morgan fingerprint density at radius 2 is 2.19 bits per heavy atom. The van der Waals surface area contributed by atoms with Gasteiger partial charge in [-0.2, -0.15) is 5.26 Å². The molecule has 0 radical (unpaired) electrons. The summed E-state index contributed by atoms with van der Waals surface area (Å²) < 4.78 is 0. The van der Waals surface area contributed by atoms with Crippen molar-refractivity contribution in [3.63, 3.8) is 0 Å². The summed E-state index contributed by atoms with van der Waals surface area (Å²) in [5.74, 6) is 0.672. The van der Waals surface area contributed by atoms with Crippen molar-refractivity contribution in [2.24, 2.45) is 0 Å². The van der Waals surface area contributed by atoms with E-state index in [0.29, 0.717) is 5.82 Å². The van der Waals surface area contributed by atoms with Crippen LogP contribution in [0, 0.1) is 21.4 Å². The van der Waals surface area contributed by atoms with Gasteiger partial charge in [-0.3, -0.25) is 10.1 Å². The molecule has 0 aliphatic heterocycles. The van der Waals surface area contributed by atoms with E-state index in [0.717, 1.165) is 5.56 Å². The lowest BCUT2D eigenvalue weighted by molar-refractivity contribution is -0.384. The molecule has 0 fully saturated rings. The number of anilines is 1. The molecule has 106 valence electrons. The Kier molecular flexibility index (Phi) is 4.09. The van der Waals surface area contributed by atoms with Gasteiger partial charge < -0.3 is 4.90 Å². The van der Waals surface area contributed by atoms with E-state index < -0.39 is 4.92 Å². The van der Waals surface area contributed by atoms with Crippen LogP contribution in [0.2, 0.25) is 0 Å². The molecule has 0 aliphatic carbocycles. The Hall–Kier alpha value is -3.01. The van der Waals surface area contributed by atoms with Crippen LogP contribution in [-0.4, -0.2) is 21.9 Å². The zero-order valence-corrected chi connectivity index (χ0v) is 11.6. The molecule has 0 bridgehead atoms. The number of nitro groups is 1. The first-order valence-electron chi connectivity index (χ1n) is 6.23. The molecule has 2 aromatic rings. The van der Waals surface area contributed by atoms with Gasteiger partial charge in [-0.05, 0) is 18.6 Å². The third-order valence-electron chi connectivity index (χ3n) is 3.25. The van der Waals surface area contributed by atoms with E-state index >= 15 is 0 Å². The van der Waals surface area contributed by atoms with Crippen LogP contribution in [0.15, 0.2) is 36.5 Å². The van der Waals surface area contributed by atoms with Gasteiger partial charge in [0.15, 0.2) is 0 Å². The van der Waals surface area contributed by atoms with Crippen molar-refractivity contribution in [3.8, 4) is 6.07 Å². The number of rotatable bonds is 4. The fourth-order valence-electron chi connectivity index (χ4n) is 1.92. The maximum atomic E-state index is 10.8. The standard InChI is InChI=1S/C14H13N5O2/c1-10(11-4-3-5-12(8-11)19(20)21)18(2)14-6-7-16-13(9-15)17-14/h3-8,10H,1-2H3. The molecule has 0 amide bonds. The van der Waals surface area contributed by atoms with Crippen LogP contribution in [0.4, 0.5) is 11.5 Å². The summed E-state index contributed by atoms with van der Waals surface area (Å²) in [5, 5.41) is 19.7. The third kappa shape index (κ3) is 3.12. The fourth-order valence-corrected chi connectivity index (χ4v) is 1.92. The van der Waals surface area contributed by atoms with Crippen molar-refractivity contribution in [3.05, 3.63) is 58.0 Å². The minimum absolute atomic E-state index is 0.0492. The molecular weight excluding hydrogens is 270 g/mol. The molecule has 1 atom stereocenters. The Morgan fingerprint density at radius 1 is 1.43 bits per heavy atom. The first-order chi connectivity index (χ1) is 10.0. The predicted molar refractivity (Wildman–Crippen MR) is 76.7 cm³/mol. The number of nitriles is 1. The van der Waals surface area contributed by atoms with Crippen molar-refractivity contribution in [2.45, 2.75) is 13.0 Å². The van der Waals surface area contributed by atoms with Gasteiger partial charge in [0.2, 0.25) is 5.82 Å². The zero-order valence-electron chi connectivity index (χ0n) is 11.6. The summed E-state index contributed by atoms with van der Waals surface area (Å²) in [7, 11) is 1.81. The van der Waals surface area contributed by atoms with Gasteiger partial charge in [-0.1, -0.05) is 12.1 Å². The van der Waals surface area contributed by atoms with Crippen LogP contribution in [0.3, 0.4) is 0 Å². The van der Waals surface area contributed by atoms with E-state index in [1.54, 1.807) is 12.1 Å². The van der Waals surface area contributed by atoms with Gasteiger partial charge in [0.05, 0.1) is 11.0 Å². The highest BCUT2D eigenvalue weighted by Crippen LogP contribution is 2.26. The molecule has 1 heterocycles. The lowest BCUT2D eigenvalue weighted by Crippen LogP contribution is -2.23. The van der Waals surface area contributed by atoms with Gasteiger partial charge in [0.1, 0.15) is 11.9 Å². The van der Waals surface area contributed by atoms with Gasteiger partial charge >= 0.3 is 0 Å². The highest BCUT2D eigenvalue weighted by Gasteiger charge is 2.16. The highest BCUT2D eigenvalue weighted by atomic mass is 16.6. The van der Waals surface area contributed by atoms with Gasteiger partial charge in [0, 0.05) is 25.4 Å². The van der Waals surface area contributed by atoms with Gasteiger partial charge in [-0.25, -0.2) is 9.97 Å². The van der Waals surface area contributed by atoms with Crippen LogP contribution < -0.4 is 4.90 Å². The molecule has 7 nitrogen and oxygen atoms in total. The SMILES string of the molecule is CC(c1cccc([N+](=O)[O-])c1)N(C)c1ccnc(C#N)n1. The molecule has 21 heavy (non-hydrogen) atoms. The Bertz CT molecular complexity index is 711. The molecular formula is C14H13N5O2. The van der Waals surface area contributed by atoms with E-state index in [2.05, 4.69) is 9.97 Å². The minimum Gasteiger partial charge on any atom is -0.353 e. The molecule has 2 rings (SSSR count). The van der Waals surface area contributed by atoms with Gasteiger partial charge in [-0.15, -0.1) is 0 Å². The lowest BCUT2D eigenvalue weighted by Gasteiger charge is -2.26. The van der Waals surface area contributed by atoms with E-state index in [1.165, 1.54) is 18.3 Å².